The first kappa shape index (κ1) is 56.6. The number of cyclic esters (lactones) is 1. The second-order valence-electron chi connectivity index (χ2n) is 23.0. The Morgan fingerprint density at radius 3 is 2.04 bits per heavy atom. The zero-order chi connectivity index (χ0) is 53.6. The summed E-state index contributed by atoms with van der Waals surface area (Å²) < 4.78 is 64.1. The van der Waals surface area contributed by atoms with E-state index in [2.05, 4.69) is 13.8 Å². The molecular weight excluding hydrogens is 985 g/mol. The summed E-state index contributed by atoms with van der Waals surface area (Å²) in [6, 6.07) is 0. The van der Waals surface area contributed by atoms with Crippen molar-refractivity contribution in [2.24, 2.45) is 34.5 Å². The van der Waals surface area contributed by atoms with Gasteiger partial charge in [0.1, 0.15) is 61.5 Å². The van der Waals surface area contributed by atoms with Gasteiger partial charge in [-0.1, -0.05) is 13.8 Å². The third-order valence-electron chi connectivity index (χ3n) is 18.8. The first-order chi connectivity index (χ1) is 34.8. The third kappa shape index (κ3) is 9.91. The van der Waals surface area contributed by atoms with Crippen molar-refractivity contribution < 1.29 is 118 Å². The van der Waals surface area contributed by atoms with Gasteiger partial charge >= 0.3 is 23.9 Å². The van der Waals surface area contributed by atoms with Gasteiger partial charge in [0.25, 0.3) is 0 Å². The molecule has 4 saturated heterocycles. The van der Waals surface area contributed by atoms with E-state index >= 15 is 0 Å². The molecule has 8 fully saturated rings. The number of hydrogen-bond acceptors (Lipinski definition) is 24. The van der Waals surface area contributed by atoms with Crippen LogP contribution in [0.2, 0.25) is 0 Å². The van der Waals surface area contributed by atoms with E-state index in [0.29, 0.717) is 18.8 Å². The molecule has 0 amide bonds. The molecule has 14 unspecified atom stereocenters. The van der Waals surface area contributed by atoms with Gasteiger partial charge in [-0.05, 0) is 87.5 Å². The Bertz CT molecular complexity index is 2040. The summed E-state index contributed by atoms with van der Waals surface area (Å²) in [6.07, 6.45) is -16.5. The molecule has 24 nitrogen and oxygen atoms in total. The lowest BCUT2D eigenvalue weighted by Gasteiger charge is -2.63. The van der Waals surface area contributed by atoms with Crippen LogP contribution in [0.3, 0.4) is 0 Å². The number of fused-ring (bicyclic) bond motifs is 5. The topological polar surface area (TPSA) is 358 Å². The molecule has 0 bridgehead atoms. The Labute approximate surface area is 428 Å². The molecule has 9 aliphatic rings. The van der Waals surface area contributed by atoms with Gasteiger partial charge in [0, 0.05) is 50.7 Å². The van der Waals surface area contributed by atoms with Crippen LogP contribution in [-0.2, 0) is 61.7 Å². The Morgan fingerprint density at radius 1 is 0.757 bits per heavy atom. The van der Waals surface area contributed by atoms with Crippen molar-refractivity contribution in [1.82, 2.24) is 0 Å². The van der Waals surface area contributed by atoms with Crippen molar-refractivity contribution >= 4 is 11.9 Å². The smallest absolute Gasteiger partial charge is 0.331 e. The fraction of sp³-hybridized carbons (Fsp3) is 0.920. The Balaban J connectivity index is 0.777. The normalized spacial score (nSPS) is 53.6. The van der Waals surface area contributed by atoms with Crippen LogP contribution < -0.4 is 0 Å². The largest absolute Gasteiger partial charge is 0.462 e. The van der Waals surface area contributed by atoms with E-state index in [1.165, 1.54) is 20.1 Å². The van der Waals surface area contributed by atoms with E-state index in [9.17, 15) is 65.8 Å². The molecule has 5 heterocycles. The number of hydrogen-bond donors (Lipinski definition) is 11. The molecule has 0 spiro atoms. The standard InChI is InChI=1S/C50H78O24/c1-21-42(71-36-16-30(64-6)43(22(2)68-36)74-50(63)45(60)41(58)39(56)33(73-50)20-66-49(62)44(59)40(57)38(55)32(18-51)72-49)29(53)15-35(67-21)70-26-9-11-46(4)25(14-26)7-8-28-27(46)10-12-47(5)37(24-13-34(54)65-19-24)31(69-23(3)52)17-48(28,47)61/h13,21-22,25-33,35-45,51,53,55-63H,7-12,14-20H2,1-6H3/t21?,22?,25-,26+,27?,28?,29?,30?,31+,32?,33?,35?,36?,37+,38-,39-,40?,41?,42?,43?,44+,45+,46+,47-,48+,49+,50-/m1/s1. The van der Waals surface area contributed by atoms with Crippen molar-refractivity contribution in [3.05, 3.63) is 11.6 Å². The third-order valence-corrected chi connectivity index (χ3v) is 18.8. The molecule has 0 radical (unpaired) electrons. The lowest BCUT2D eigenvalue weighted by molar-refractivity contribution is -0.485. The second kappa shape index (κ2) is 21.2. The van der Waals surface area contributed by atoms with Crippen molar-refractivity contribution in [2.45, 2.75) is 227 Å². The van der Waals surface area contributed by atoms with E-state index in [-0.39, 0.29) is 48.7 Å². The Kier molecular flexibility index (Phi) is 16.2. The van der Waals surface area contributed by atoms with Crippen LogP contribution in [0, 0.1) is 34.5 Å². The van der Waals surface area contributed by atoms with Gasteiger partial charge in [-0.25, -0.2) is 4.79 Å². The van der Waals surface area contributed by atoms with E-state index in [1.54, 1.807) is 13.8 Å². The van der Waals surface area contributed by atoms with Crippen molar-refractivity contribution in [2.75, 3.05) is 26.9 Å². The number of carbonyl (C=O) groups is 2. The first-order valence-corrected chi connectivity index (χ1v) is 26.2. The van der Waals surface area contributed by atoms with Crippen LogP contribution in [0.4, 0.5) is 0 Å². The molecule has 9 rings (SSSR count). The predicted molar refractivity (Wildman–Crippen MR) is 245 cm³/mol. The minimum atomic E-state index is -3.07. The maximum atomic E-state index is 12.9. The van der Waals surface area contributed by atoms with Crippen LogP contribution in [0.15, 0.2) is 11.6 Å². The molecular formula is C50H78O24. The Morgan fingerprint density at radius 2 is 1.41 bits per heavy atom. The molecule has 0 aromatic carbocycles. The lowest BCUT2D eigenvalue weighted by Crippen LogP contribution is -2.70. The molecule has 11 N–H and O–H groups in total. The fourth-order valence-electron chi connectivity index (χ4n) is 14.9. The van der Waals surface area contributed by atoms with E-state index in [0.717, 1.165) is 44.1 Å². The summed E-state index contributed by atoms with van der Waals surface area (Å²) in [6.45, 7) is 7.40. The number of esters is 2. The number of aliphatic hydroxyl groups excluding tert-OH is 8. The second-order valence-corrected chi connectivity index (χ2v) is 23.0. The fourth-order valence-corrected chi connectivity index (χ4v) is 14.9. The highest BCUT2D eigenvalue weighted by molar-refractivity contribution is 5.85. The number of ether oxygens (including phenoxy) is 11. The molecule has 5 aliphatic heterocycles. The minimum absolute atomic E-state index is 0.0212. The summed E-state index contributed by atoms with van der Waals surface area (Å²) in [4.78, 5) is 24.6. The van der Waals surface area contributed by atoms with Crippen LogP contribution in [0.25, 0.3) is 0 Å². The Hall–Kier alpha value is -2.12. The zero-order valence-electron chi connectivity index (χ0n) is 42.7. The molecule has 74 heavy (non-hydrogen) atoms. The molecule has 4 aliphatic carbocycles. The predicted octanol–water partition coefficient (Wildman–Crippen LogP) is -2.15. The van der Waals surface area contributed by atoms with Gasteiger partial charge in [0.15, 0.2) is 24.8 Å². The van der Waals surface area contributed by atoms with Gasteiger partial charge in [-0.15, -0.1) is 0 Å². The van der Waals surface area contributed by atoms with E-state index < -0.39 is 152 Å². The number of methoxy groups -OCH3 is 1. The number of aliphatic hydroxyl groups is 11. The zero-order valence-corrected chi connectivity index (χ0v) is 42.7. The first-order valence-electron chi connectivity index (χ1n) is 26.2. The summed E-state index contributed by atoms with van der Waals surface area (Å²) in [5, 5.41) is 120. The highest BCUT2D eigenvalue weighted by atomic mass is 16.9. The van der Waals surface area contributed by atoms with Gasteiger partial charge < -0.3 is 108 Å². The molecule has 0 aromatic heterocycles. The summed E-state index contributed by atoms with van der Waals surface area (Å²) in [5.41, 5.74) is -1.02. The maximum Gasteiger partial charge on any atom is 0.331 e. The highest BCUT2D eigenvalue weighted by Crippen LogP contribution is 2.70. The molecule has 0 aromatic rings. The summed E-state index contributed by atoms with van der Waals surface area (Å²) in [7, 11) is 1.36. The number of carbonyl (C=O) groups excluding carboxylic acids is 2. The molecule has 4 saturated carbocycles. The van der Waals surface area contributed by atoms with Gasteiger partial charge in [0.05, 0.1) is 49.3 Å². The quantitative estimate of drug-likeness (QED) is 0.0532. The van der Waals surface area contributed by atoms with Crippen LogP contribution in [-0.4, -0.2) is 223 Å². The van der Waals surface area contributed by atoms with Gasteiger partial charge in [0.2, 0.25) is 0 Å². The van der Waals surface area contributed by atoms with Crippen molar-refractivity contribution in [1.29, 1.82) is 0 Å². The molecule has 422 valence electrons. The van der Waals surface area contributed by atoms with Gasteiger partial charge in [-0.3, -0.25) is 4.79 Å². The van der Waals surface area contributed by atoms with Crippen LogP contribution >= 0.6 is 0 Å². The van der Waals surface area contributed by atoms with Crippen molar-refractivity contribution in [3.63, 3.8) is 0 Å². The van der Waals surface area contributed by atoms with E-state index in [4.69, 9.17) is 52.1 Å². The average Bonchev–Trinajstić information content (AvgIpc) is 3.87. The van der Waals surface area contributed by atoms with Crippen LogP contribution in [0.5, 0.6) is 0 Å². The van der Waals surface area contributed by atoms with E-state index in [1.807, 2.05) is 0 Å². The lowest BCUT2D eigenvalue weighted by atomic mass is 9.43. The SMILES string of the molecule is COC1CC(OC2C(O)CC(O[C@H]3CC[C@]4(C)C5CC[C@]6(C)[C@@H](C7=CC(=O)OC7)[C@@H](OC(C)=O)C[C@]6(O)C5CC[C@@H]4C3)OC2C)OC(C)C1O[C@]1(O)OC(CO[C@]2(O)OC(CO)[C@@H](O)C(O)[C@@H]2O)[C@@H](O)C(O)[C@@H]1O. The maximum absolute atomic E-state index is 12.9. The monoisotopic (exact) mass is 1060 g/mol. The molecule has 24 heteroatoms. The number of rotatable bonds is 13. The minimum Gasteiger partial charge on any atom is -0.462 e. The average molecular weight is 1060 g/mol. The molecule has 27 atom stereocenters. The van der Waals surface area contributed by atoms with Crippen LogP contribution in [0.1, 0.15) is 98.8 Å². The van der Waals surface area contributed by atoms with Crippen molar-refractivity contribution in [3.8, 4) is 0 Å². The highest BCUT2D eigenvalue weighted by Gasteiger charge is 2.71. The summed E-state index contributed by atoms with van der Waals surface area (Å²) in [5.74, 6) is -6.78. The van der Waals surface area contributed by atoms with Gasteiger partial charge in [-0.2, -0.15) is 0 Å². The summed E-state index contributed by atoms with van der Waals surface area (Å²) >= 11 is 0.